The largest absolute Gasteiger partial charge is 0.466 e. The monoisotopic (exact) mass is 601 g/mol. The number of hydrogen-bond donors (Lipinski definition) is 1. The highest BCUT2D eigenvalue weighted by Crippen LogP contribution is 2.46. The molecule has 0 radical (unpaired) electrons. The van der Waals surface area contributed by atoms with Gasteiger partial charge in [-0.3, -0.25) is 14.5 Å². The maximum atomic E-state index is 14.7. The number of carbonyl (C=O) groups excluding carboxylic acids is 2. The molecule has 3 heterocycles. The van der Waals surface area contributed by atoms with Crippen LogP contribution in [0.3, 0.4) is 0 Å². The summed E-state index contributed by atoms with van der Waals surface area (Å²) in [7, 11) is 1.45. The number of nitrogens with two attached hydrogens (primary N) is 1. The fraction of sp³-hybridized carbons (Fsp3) is 0.633. The average molecular weight is 602 g/mol. The lowest BCUT2D eigenvalue weighted by Crippen LogP contribution is -2.62. The van der Waals surface area contributed by atoms with Gasteiger partial charge in [0.25, 0.3) is 18.3 Å². The number of carbonyl (C=O) groups is 2. The molecule has 2 aromatic rings. The van der Waals surface area contributed by atoms with Crippen molar-refractivity contribution in [2.24, 2.45) is 17.1 Å². The molecule has 13 heteroatoms. The van der Waals surface area contributed by atoms with E-state index in [2.05, 4.69) is 38.8 Å². The second-order valence-electron chi connectivity index (χ2n) is 12.0. The Hall–Kier alpha value is -3.58. The number of nitrogens with zero attached hydrogens (tertiary/aromatic N) is 6. The molecule has 4 rings (SSSR count). The molecule has 1 aromatic heterocycles. The van der Waals surface area contributed by atoms with Gasteiger partial charge in [-0.05, 0) is 58.6 Å². The van der Waals surface area contributed by atoms with E-state index in [9.17, 15) is 14.0 Å². The van der Waals surface area contributed by atoms with Crippen molar-refractivity contribution in [3.05, 3.63) is 23.5 Å². The lowest BCUT2D eigenvalue weighted by atomic mass is 9.76. The first-order valence-electron chi connectivity index (χ1n) is 15.0. The van der Waals surface area contributed by atoms with E-state index >= 15 is 0 Å². The van der Waals surface area contributed by atoms with Crippen LogP contribution < -0.4 is 24.8 Å². The highest BCUT2D eigenvalue weighted by atomic mass is 19.1. The summed E-state index contributed by atoms with van der Waals surface area (Å²) in [6.45, 7) is 14.6. The number of halogens is 1. The van der Waals surface area contributed by atoms with Crippen LogP contribution in [0.4, 0.5) is 10.2 Å². The molecule has 0 unspecified atom stereocenters. The van der Waals surface area contributed by atoms with Crippen LogP contribution >= 0.6 is 0 Å². The third kappa shape index (κ3) is 6.98. The minimum Gasteiger partial charge on any atom is -0.466 e. The fourth-order valence-electron chi connectivity index (χ4n) is 6.31. The van der Waals surface area contributed by atoms with E-state index in [0.29, 0.717) is 44.0 Å². The van der Waals surface area contributed by atoms with Crippen molar-refractivity contribution >= 4 is 18.2 Å². The Kier molecular flexibility index (Phi) is 10.4. The van der Waals surface area contributed by atoms with Gasteiger partial charge in [0.1, 0.15) is 5.82 Å². The van der Waals surface area contributed by atoms with E-state index in [4.69, 9.17) is 19.9 Å². The van der Waals surface area contributed by atoms with Crippen molar-refractivity contribution in [1.82, 2.24) is 25.0 Å². The van der Waals surface area contributed by atoms with Crippen molar-refractivity contribution in [3.63, 3.8) is 0 Å². The van der Waals surface area contributed by atoms with Crippen molar-refractivity contribution in [1.29, 1.82) is 0 Å². The van der Waals surface area contributed by atoms with Crippen molar-refractivity contribution in [2.75, 3.05) is 51.3 Å². The first-order chi connectivity index (χ1) is 20.6. The number of amides is 1. The zero-order valence-corrected chi connectivity index (χ0v) is 26.0. The molecule has 43 heavy (non-hydrogen) atoms. The highest BCUT2D eigenvalue weighted by molar-refractivity contribution is 5.98. The molecule has 1 spiro atoms. The molecular weight excluding hydrogens is 557 g/mol. The third-order valence-electron chi connectivity index (χ3n) is 8.41. The normalized spacial score (nSPS) is 16.8. The maximum Gasteiger partial charge on any atom is 0.337 e. The maximum absolute atomic E-state index is 14.7. The molecule has 2 aliphatic heterocycles. The van der Waals surface area contributed by atoms with E-state index in [-0.39, 0.29) is 46.9 Å². The SMILES string of the molecule is CCN(C(=O)c1cc(F)cc(OC=O)c1Oc1nnc(OC)nc1N1CCC2(C1)CN([C@H](CCCN)C(C)C)C2)C(C)C. The van der Waals surface area contributed by atoms with Crippen LogP contribution in [0, 0.1) is 17.2 Å². The molecule has 0 saturated carbocycles. The van der Waals surface area contributed by atoms with Gasteiger partial charge in [-0.25, -0.2) is 4.39 Å². The number of likely N-dealkylation sites (tertiary alicyclic amines) is 1. The summed E-state index contributed by atoms with van der Waals surface area (Å²) in [4.78, 5) is 35.6. The fourth-order valence-corrected chi connectivity index (χ4v) is 6.31. The van der Waals surface area contributed by atoms with Crippen LogP contribution in [-0.4, -0.2) is 95.8 Å². The first kappa shape index (κ1) is 32.3. The lowest BCUT2D eigenvalue weighted by Gasteiger charge is -2.53. The molecule has 2 saturated heterocycles. The Morgan fingerprint density at radius 2 is 1.95 bits per heavy atom. The first-order valence-corrected chi connectivity index (χ1v) is 15.0. The van der Waals surface area contributed by atoms with Crippen LogP contribution in [0.25, 0.3) is 0 Å². The average Bonchev–Trinajstić information content (AvgIpc) is 3.40. The number of benzene rings is 1. The molecule has 0 bridgehead atoms. The zero-order chi connectivity index (χ0) is 31.3. The molecule has 1 amide bonds. The number of methoxy groups -OCH3 is 1. The van der Waals surface area contributed by atoms with Crippen LogP contribution in [0.1, 0.15) is 64.2 Å². The smallest absolute Gasteiger partial charge is 0.337 e. The molecule has 1 aromatic carbocycles. The van der Waals surface area contributed by atoms with Gasteiger partial charge >= 0.3 is 6.01 Å². The predicted molar refractivity (Wildman–Crippen MR) is 159 cm³/mol. The van der Waals surface area contributed by atoms with Gasteiger partial charge in [0.2, 0.25) is 0 Å². The Morgan fingerprint density at radius 3 is 2.56 bits per heavy atom. The summed E-state index contributed by atoms with van der Waals surface area (Å²) in [5.74, 6) is -0.749. The van der Waals surface area contributed by atoms with E-state index in [1.165, 1.54) is 7.11 Å². The number of hydrogen-bond acceptors (Lipinski definition) is 11. The molecule has 2 fully saturated rings. The summed E-state index contributed by atoms with van der Waals surface area (Å²) in [6, 6.07) is 2.42. The summed E-state index contributed by atoms with van der Waals surface area (Å²) < 4.78 is 31.2. The Morgan fingerprint density at radius 1 is 1.21 bits per heavy atom. The van der Waals surface area contributed by atoms with Gasteiger partial charge < -0.3 is 29.7 Å². The Balaban J connectivity index is 1.65. The topological polar surface area (TPSA) is 136 Å². The van der Waals surface area contributed by atoms with Gasteiger partial charge in [0.15, 0.2) is 17.3 Å². The molecule has 236 valence electrons. The quantitative estimate of drug-likeness (QED) is 0.319. The van der Waals surface area contributed by atoms with Crippen LogP contribution in [-0.2, 0) is 4.79 Å². The second-order valence-corrected chi connectivity index (χ2v) is 12.0. The number of aromatic nitrogens is 3. The third-order valence-corrected chi connectivity index (χ3v) is 8.41. The van der Waals surface area contributed by atoms with Gasteiger partial charge in [0.05, 0.1) is 12.7 Å². The van der Waals surface area contributed by atoms with Gasteiger partial charge in [-0.2, -0.15) is 4.98 Å². The molecular formula is C30H44FN7O5. The van der Waals surface area contributed by atoms with Gasteiger partial charge in [-0.1, -0.05) is 18.9 Å². The van der Waals surface area contributed by atoms with Crippen LogP contribution in [0.2, 0.25) is 0 Å². The van der Waals surface area contributed by atoms with Crippen molar-refractivity contribution < 1.29 is 28.2 Å². The van der Waals surface area contributed by atoms with Crippen molar-refractivity contribution in [3.8, 4) is 23.4 Å². The second kappa shape index (κ2) is 13.8. The Bertz CT molecular complexity index is 1290. The minimum atomic E-state index is -0.756. The summed E-state index contributed by atoms with van der Waals surface area (Å²) in [6.07, 6.45) is 3.04. The van der Waals surface area contributed by atoms with Crippen LogP contribution in [0.15, 0.2) is 12.1 Å². The van der Waals surface area contributed by atoms with E-state index in [0.717, 1.165) is 44.5 Å². The molecule has 1 atom stereocenters. The summed E-state index contributed by atoms with van der Waals surface area (Å²) >= 11 is 0. The standard InChI is InChI=1S/C30H44FN7O5/c1-7-38(20(4)5)28(40)22-13-21(31)14-24(42-18-39)25(22)43-27-26(33-29(41-6)35-34-27)36-12-10-30(15-36)16-37(17-30)23(19(2)3)9-8-11-32/h13-14,18-20,23H,7-12,15-17,32H2,1-6H3/t23-/m1/s1. The summed E-state index contributed by atoms with van der Waals surface area (Å²) in [5.41, 5.74) is 5.77. The number of ether oxygens (including phenoxy) is 3. The predicted octanol–water partition coefficient (Wildman–Crippen LogP) is 3.49. The molecule has 0 aliphatic carbocycles. The molecule has 12 nitrogen and oxygen atoms in total. The molecule has 2 aliphatic rings. The summed E-state index contributed by atoms with van der Waals surface area (Å²) in [5, 5.41) is 8.21. The highest BCUT2D eigenvalue weighted by Gasteiger charge is 2.50. The Labute approximate surface area is 252 Å². The molecule has 2 N–H and O–H groups in total. The number of anilines is 1. The zero-order valence-electron chi connectivity index (χ0n) is 26.0. The van der Waals surface area contributed by atoms with E-state index in [1.807, 2.05) is 20.8 Å². The van der Waals surface area contributed by atoms with Crippen LogP contribution in [0.5, 0.6) is 23.4 Å². The lowest BCUT2D eigenvalue weighted by molar-refractivity contribution is -0.120. The number of rotatable bonds is 14. The van der Waals surface area contributed by atoms with E-state index in [1.54, 1.807) is 4.90 Å². The van der Waals surface area contributed by atoms with E-state index < -0.39 is 11.7 Å². The van der Waals surface area contributed by atoms with Gasteiger partial charge in [0, 0.05) is 56.3 Å². The van der Waals surface area contributed by atoms with Crippen molar-refractivity contribution in [2.45, 2.75) is 66.0 Å². The minimum absolute atomic E-state index is 0.0129. The van der Waals surface area contributed by atoms with Gasteiger partial charge in [-0.15, -0.1) is 5.10 Å².